The van der Waals surface area contributed by atoms with Crippen molar-refractivity contribution in [3.8, 4) is 5.88 Å². The molecule has 0 saturated heterocycles. The van der Waals surface area contributed by atoms with Gasteiger partial charge in [0.25, 0.3) is 0 Å². The number of rotatable bonds is 7. The number of aldehydes is 1. The molecule has 0 aliphatic rings. The van der Waals surface area contributed by atoms with Crippen molar-refractivity contribution in [2.75, 3.05) is 24.4 Å². The zero-order valence-corrected chi connectivity index (χ0v) is 15.0. The summed E-state index contributed by atoms with van der Waals surface area (Å²) in [4.78, 5) is 27.7. The highest BCUT2D eigenvalue weighted by Gasteiger charge is 2.27. The number of nitrogens with zero attached hydrogens (tertiary/aromatic N) is 2. The molecule has 0 bridgehead atoms. The Labute approximate surface area is 142 Å². The lowest BCUT2D eigenvalue weighted by molar-refractivity contribution is -0.111. The van der Waals surface area contributed by atoms with E-state index in [1.165, 1.54) is 13.3 Å². The van der Waals surface area contributed by atoms with Crippen molar-refractivity contribution >= 4 is 23.8 Å². The van der Waals surface area contributed by atoms with E-state index in [-0.39, 0.29) is 0 Å². The first-order valence-corrected chi connectivity index (χ1v) is 7.74. The maximum Gasteiger partial charge on any atom is 0.429 e. The van der Waals surface area contributed by atoms with Crippen molar-refractivity contribution in [2.24, 2.45) is 0 Å². The molecule has 1 rings (SSSR count). The number of carbonyl (C=O) groups is 2. The number of nitrogens with one attached hydrogen (secondary N) is 2. The average molecular weight is 338 g/mol. The smallest absolute Gasteiger partial charge is 0.429 e. The van der Waals surface area contributed by atoms with Crippen LogP contribution in [-0.2, 0) is 9.53 Å². The molecule has 0 radical (unpaired) electrons. The maximum absolute atomic E-state index is 12.4. The number of ether oxygens (including phenoxy) is 2. The lowest BCUT2D eigenvalue weighted by atomic mass is 10.2. The molecule has 8 nitrogen and oxygen atoms in total. The second-order valence-corrected chi connectivity index (χ2v) is 6.14. The number of pyridine rings is 1. The van der Waals surface area contributed by atoms with E-state index in [2.05, 4.69) is 15.7 Å². The third-order valence-corrected chi connectivity index (χ3v) is 2.89. The van der Waals surface area contributed by atoms with Crippen molar-refractivity contribution in [3.05, 3.63) is 12.3 Å². The topological polar surface area (TPSA) is 92.8 Å². The first-order valence-electron chi connectivity index (χ1n) is 7.74. The molecule has 24 heavy (non-hydrogen) atoms. The van der Waals surface area contributed by atoms with Crippen molar-refractivity contribution in [3.63, 3.8) is 0 Å². The zero-order chi connectivity index (χ0) is 18.3. The molecule has 134 valence electrons. The molecule has 0 fully saturated rings. The van der Waals surface area contributed by atoms with Crippen LogP contribution >= 0.6 is 0 Å². The standard InChI is InChI=1S/C16H26N4O4/c1-7-17-12-8-14(23-6)18-9-13(12)19-20(11(2)10-21)15(22)24-16(3,4)5/h8-11,19H,7H2,1-6H3,(H,17,18)/t11-/m1/s1. The average Bonchev–Trinajstić information content (AvgIpc) is 2.51. The van der Waals surface area contributed by atoms with Gasteiger partial charge in [-0.15, -0.1) is 0 Å². The molecule has 0 aliphatic heterocycles. The van der Waals surface area contributed by atoms with Gasteiger partial charge in [-0.25, -0.2) is 14.8 Å². The van der Waals surface area contributed by atoms with Crippen LogP contribution in [0.4, 0.5) is 16.2 Å². The SMILES string of the molecule is CCNc1cc(OC)ncc1NN(C(=O)OC(C)(C)C)[C@H](C)C=O. The van der Waals surface area contributed by atoms with Gasteiger partial charge in [0.15, 0.2) is 0 Å². The van der Waals surface area contributed by atoms with Crippen molar-refractivity contribution in [2.45, 2.75) is 46.3 Å². The molecule has 1 atom stereocenters. The molecule has 1 aromatic rings. The van der Waals surface area contributed by atoms with E-state index in [0.717, 1.165) is 5.01 Å². The Morgan fingerprint density at radius 1 is 1.42 bits per heavy atom. The Kier molecular flexibility index (Phi) is 6.82. The predicted octanol–water partition coefficient (Wildman–Crippen LogP) is 2.67. The van der Waals surface area contributed by atoms with Gasteiger partial charge < -0.3 is 19.6 Å². The van der Waals surface area contributed by atoms with Crippen LogP contribution in [-0.4, -0.2) is 47.7 Å². The number of hydrogen-bond donors (Lipinski definition) is 2. The molecule has 1 aromatic heterocycles. The molecule has 0 spiro atoms. The van der Waals surface area contributed by atoms with Gasteiger partial charge in [0.1, 0.15) is 17.9 Å². The summed E-state index contributed by atoms with van der Waals surface area (Å²) in [6.45, 7) is 9.47. The Morgan fingerprint density at radius 2 is 2.08 bits per heavy atom. The van der Waals surface area contributed by atoms with Gasteiger partial charge in [-0.05, 0) is 34.6 Å². The number of methoxy groups -OCH3 is 1. The van der Waals surface area contributed by atoms with Crippen LogP contribution in [0.25, 0.3) is 0 Å². The number of aromatic nitrogens is 1. The van der Waals surface area contributed by atoms with Gasteiger partial charge in [0.2, 0.25) is 5.88 Å². The van der Waals surface area contributed by atoms with E-state index < -0.39 is 17.7 Å². The van der Waals surface area contributed by atoms with Crippen LogP contribution in [0.5, 0.6) is 5.88 Å². The number of hydrogen-bond acceptors (Lipinski definition) is 7. The Bertz CT molecular complexity index is 572. The summed E-state index contributed by atoms with van der Waals surface area (Å²) in [7, 11) is 1.52. The fraction of sp³-hybridized carbons (Fsp3) is 0.562. The van der Waals surface area contributed by atoms with Gasteiger partial charge >= 0.3 is 6.09 Å². The molecular formula is C16H26N4O4. The number of hydrazine groups is 1. The van der Waals surface area contributed by atoms with Gasteiger partial charge in [-0.2, -0.15) is 0 Å². The molecule has 1 heterocycles. The first kappa shape index (κ1) is 19.5. The van der Waals surface area contributed by atoms with E-state index in [4.69, 9.17) is 9.47 Å². The largest absolute Gasteiger partial charge is 0.481 e. The maximum atomic E-state index is 12.4. The molecule has 0 aliphatic carbocycles. The van der Waals surface area contributed by atoms with Gasteiger partial charge in [-0.3, -0.25) is 5.43 Å². The third-order valence-electron chi connectivity index (χ3n) is 2.89. The third kappa shape index (κ3) is 5.60. The quantitative estimate of drug-likeness (QED) is 0.583. The van der Waals surface area contributed by atoms with E-state index in [0.29, 0.717) is 30.1 Å². The molecule has 2 N–H and O–H groups in total. The zero-order valence-electron chi connectivity index (χ0n) is 15.0. The van der Waals surface area contributed by atoms with Crippen LogP contribution in [0.3, 0.4) is 0 Å². The lowest BCUT2D eigenvalue weighted by Crippen LogP contribution is -2.46. The summed E-state index contributed by atoms with van der Waals surface area (Å²) in [5, 5.41) is 4.28. The molecular weight excluding hydrogens is 312 g/mol. The van der Waals surface area contributed by atoms with Crippen LogP contribution in [0, 0.1) is 0 Å². The van der Waals surface area contributed by atoms with Gasteiger partial charge in [0, 0.05) is 12.6 Å². The predicted molar refractivity (Wildman–Crippen MR) is 92.2 cm³/mol. The van der Waals surface area contributed by atoms with Crippen LogP contribution in [0.1, 0.15) is 34.6 Å². The van der Waals surface area contributed by atoms with Crippen molar-refractivity contribution in [1.29, 1.82) is 0 Å². The number of carbonyl (C=O) groups excluding carboxylic acids is 2. The highest BCUT2D eigenvalue weighted by atomic mass is 16.6. The Hall–Kier alpha value is -2.51. The Balaban J connectivity index is 3.10. The molecule has 0 saturated carbocycles. The van der Waals surface area contributed by atoms with Crippen molar-refractivity contribution in [1.82, 2.24) is 9.99 Å². The summed E-state index contributed by atoms with van der Waals surface area (Å²) in [6, 6.07) is 0.974. The minimum Gasteiger partial charge on any atom is -0.481 e. The minimum absolute atomic E-state index is 0.434. The number of amides is 1. The second-order valence-electron chi connectivity index (χ2n) is 6.14. The summed E-state index contributed by atoms with van der Waals surface area (Å²) in [6.07, 6.45) is 1.52. The molecule has 1 amide bonds. The van der Waals surface area contributed by atoms with E-state index in [1.807, 2.05) is 6.92 Å². The summed E-state index contributed by atoms with van der Waals surface area (Å²) in [5.41, 5.74) is 3.44. The lowest BCUT2D eigenvalue weighted by Gasteiger charge is -2.30. The second kappa shape index (κ2) is 8.37. The summed E-state index contributed by atoms with van der Waals surface area (Å²) in [5.74, 6) is 0.434. The van der Waals surface area contributed by atoms with Crippen LogP contribution < -0.4 is 15.5 Å². The van der Waals surface area contributed by atoms with E-state index >= 15 is 0 Å². The van der Waals surface area contributed by atoms with Gasteiger partial charge in [-0.1, -0.05) is 0 Å². The monoisotopic (exact) mass is 338 g/mol. The minimum atomic E-state index is -0.726. The fourth-order valence-corrected chi connectivity index (χ4v) is 1.79. The summed E-state index contributed by atoms with van der Waals surface area (Å²) >= 11 is 0. The van der Waals surface area contributed by atoms with Crippen LogP contribution in [0.2, 0.25) is 0 Å². The van der Waals surface area contributed by atoms with E-state index in [1.54, 1.807) is 33.8 Å². The highest BCUT2D eigenvalue weighted by Crippen LogP contribution is 2.26. The molecule has 8 heteroatoms. The first-order chi connectivity index (χ1) is 11.2. The van der Waals surface area contributed by atoms with Gasteiger partial charge in [0.05, 0.1) is 24.7 Å². The molecule has 0 unspecified atom stereocenters. The summed E-state index contributed by atoms with van der Waals surface area (Å²) < 4.78 is 10.4. The highest BCUT2D eigenvalue weighted by molar-refractivity contribution is 5.78. The number of anilines is 2. The Morgan fingerprint density at radius 3 is 2.58 bits per heavy atom. The normalized spacial score (nSPS) is 12.1. The van der Waals surface area contributed by atoms with E-state index in [9.17, 15) is 9.59 Å². The molecule has 0 aromatic carbocycles. The van der Waals surface area contributed by atoms with Crippen LogP contribution in [0.15, 0.2) is 12.3 Å². The van der Waals surface area contributed by atoms with Crippen molar-refractivity contribution < 1.29 is 19.1 Å². The fourth-order valence-electron chi connectivity index (χ4n) is 1.79.